The van der Waals surface area contributed by atoms with Crippen LogP contribution in [0.2, 0.25) is 0 Å². The highest BCUT2D eigenvalue weighted by Gasteiger charge is 2.23. The molecule has 0 bridgehead atoms. The van der Waals surface area contributed by atoms with Crippen LogP contribution in [0.25, 0.3) is 0 Å². The van der Waals surface area contributed by atoms with Gasteiger partial charge in [-0.15, -0.1) is 0 Å². The second-order valence-electron chi connectivity index (χ2n) is 5.25. The van der Waals surface area contributed by atoms with Crippen molar-refractivity contribution >= 4 is 17.3 Å². The summed E-state index contributed by atoms with van der Waals surface area (Å²) in [5.74, 6) is 1.53. The lowest BCUT2D eigenvalue weighted by Gasteiger charge is -2.20. The summed E-state index contributed by atoms with van der Waals surface area (Å²) in [7, 11) is 3.31. The second kappa shape index (κ2) is 7.53. The first-order valence-corrected chi connectivity index (χ1v) is 7.62. The minimum atomic E-state index is 0.564. The summed E-state index contributed by atoms with van der Waals surface area (Å²) in [6.45, 7) is 0.814. The average Bonchev–Trinajstić information content (AvgIpc) is 2.53. The van der Waals surface area contributed by atoms with Crippen LogP contribution in [0.4, 0.5) is 0 Å². The molecule has 0 N–H and O–H groups in total. The third-order valence-corrected chi connectivity index (χ3v) is 4.23. The van der Waals surface area contributed by atoms with Gasteiger partial charge in [0, 0.05) is 18.4 Å². The zero-order valence-electron chi connectivity index (χ0n) is 12.3. The summed E-state index contributed by atoms with van der Waals surface area (Å²) in [6, 6.07) is 6.60. The number of methoxy groups -OCH3 is 2. The first-order chi connectivity index (χ1) is 9.78. The van der Waals surface area contributed by atoms with E-state index < -0.39 is 0 Å². The van der Waals surface area contributed by atoms with Crippen LogP contribution in [0.15, 0.2) is 18.2 Å². The molecule has 1 aliphatic carbocycles. The van der Waals surface area contributed by atoms with Gasteiger partial charge < -0.3 is 9.47 Å². The molecule has 0 heterocycles. The van der Waals surface area contributed by atoms with E-state index in [0.29, 0.717) is 6.04 Å². The molecule has 1 saturated carbocycles. The van der Waals surface area contributed by atoms with Gasteiger partial charge in [0.25, 0.3) is 0 Å². The van der Waals surface area contributed by atoms with Crippen LogP contribution in [-0.4, -0.2) is 30.5 Å². The van der Waals surface area contributed by atoms with Crippen molar-refractivity contribution in [1.82, 2.24) is 0 Å². The summed E-state index contributed by atoms with van der Waals surface area (Å²) in [5, 5.41) is 0. The average molecular weight is 297 g/mol. The molecule has 0 radical (unpaired) electrons. The number of rotatable bonds is 5. The van der Waals surface area contributed by atoms with Gasteiger partial charge in [-0.25, -0.2) is 4.58 Å². The van der Waals surface area contributed by atoms with Crippen molar-refractivity contribution < 1.29 is 14.0 Å². The quantitative estimate of drug-likeness (QED) is 0.608. The van der Waals surface area contributed by atoms with Gasteiger partial charge in [-0.05, 0) is 42.6 Å². The van der Waals surface area contributed by atoms with Gasteiger partial charge in [0.15, 0.2) is 24.1 Å². The molecule has 0 saturated heterocycles. The highest BCUT2D eigenvalue weighted by Crippen LogP contribution is 2.28. The Kier molecular flexibility index (Phi) is 5.72. The van der Waals surface area contributed by atoms with Crippen molar-refractivity contribution in [2.75, 3.05) is 14.2 Å². The van der Waals surface area contributed by atoms with Crippen LogP contribution in [-0.2, 0) is 6.54 Å². The van der Waals surface area contributed by atoms with Gasteiger partial charge in [0.1, 0.15) is 0 Å². The highest BCUT2D eigenvalue weighted by atomic mass is 35.5. The van der Waals surface area contributed by atoms with Crippen molar-refractivity contribution in [2.24, 2.45) is 0 Å². The molecular weight excluding hydrogens is 274 g/mol. The van der Waals surface area contributed by atoms with E-state index >= 15 is 0 Å². The van der Waals surface area contributed by atoms with Gasteiger partial charge in [0.2, 0.25) is 5.67 Å². The predicted octanol–water partition coefficient (Wildman–Crippen LogP) is 3.82. The third kappa shape index (κ3) is 3.66. The van der Waals surface area contributed by atoms with Crippen molar-refractivity contribution in [3.8, 4) is 11.5 Å². The number of hydrogen-bond acceptors (Lipinski definition) is 2. The summed E-state index contributed by atoms with van der Waals surface area (Å²) in [5.41, 5.74) is 2.89. The van der Waals surface area contributed by atoms with Gasteiger partial charge in [0.05, 0.1) is 14.2 Å². The maximum Gasteiger partial charge on any atom is 0.233 e. The molecule has 1 aromatic carbocycles. The number of halogens is 1. The second-order valence-corrected chi connectivity index (χ2v) is 5.45. The van der Waals surface area contributed by atoms with E-state index in [1.807, 2.05) is 12.1 Å². The van der Waals surface area contributed by atoms with Crippen LogP contribution in [0.3, 0.4) is 0 Å². The molecule has 20 heavy (non-hydrogen) atoms. The summed E-state index contributed by atoms with van der Waals surface area (Å²) >= 11 is 6.03. The standard InChI is InChI=1S/C16H23ClNO2/c1-19-15-9-8-13(10-16(15)20-2)11-18(12-17)14-6-4-3-5-7-14/h8-10,12,14H,3-7,11H2,1-2H3/q+1. The molecule has 0 atom stereocenters. The monoisotopic (exact) mass is 296 g/mol. The predicted molar refractivity (Wildman–Crippen MR) is 82.3 cm³/mol. The molecule has 110 valence electrons. The van der Waals surface area contributed by atoms with E-state index in [9.17, 15) is 0 Å². The number of hydrogen-bond donors (Lipinski definition) is 0. The van der Waals surface area contributed by atoms with Crippen LogP contribution in [0, 0.1) is 0 Å². The van der Waals surface area contributed by atoms with E-state index in [0.717, 1.165) is 18.0 Å². The first-order valence-electron chi connectivity index (χ1n) is 7.18. The van der Waals surface area contributed by atoms with Crippen molar-refractivity contribution in [1.29, 1.82) is 0 Å². The molecule has 3 nitrogen and oxygen atoms in total. The van der Waals surface area contributed by atoms with Crippen LogP contribution >= 0.6 is 11.6 Å². The van der Waals surface area contributed by atoms with E-state index in [-0.39, 0.29) is 0 Å². The number of benzene rings is 1. The van der Waals surface area contributed by atoms with Gasteiger partial charge in [-0.3, -0.25) is 0 Å². The fourth-order valence-electron chi connectivity index (χ4n) is 2.85. The fraction of sp³-hybridized carbons (Fsp3) is 0.562. The molecule has 1 aromatic rings. The lowest BCUT2D eigenvalue weighted by Crippen LogP contribution is -2.28. The van der Waals surface area contributed by atoms with Gasteiger partial charge in [-0.2, -0.15) is 0 Å². The Labute approximate surface area is 126 Å². The van der Waals surface area contributed by atoms with Crippen LogP contribution < -0.4 is 9.47 Å². The summed E-state index contributed by atoms with van der Waals surface area (Å²) in [6.07, 6.45) is 6.42. The van der Waals surface area contributed by atoms with Crippen LogP contribution in [0.5, 0.6) is 11.5 Å². The highest BCUT2D eigenvalue weighted by molar-refractivity contribution is 6.54. The lowest BCUT2D eigenvalue weighted by atomic mass is 9.95. The summed E-state index contributed by atoms with van der Waals surface area (Å²) < 4.78 is 12.9. The van der Waals surface area contributed by atoms with Crippen molar-refractivity contribution in [3.63, 3.8) is 0 Å². The molecule has 0 amide bonds. The summed E-state index contributed by atoms with van der Waals surface area (Å²) in [4.78, 5) is 0. The third-order valence-electron chi connectivity index (χ3n) is 3.98. The Balaban J connectivity index is 2.11. The fourth-order valence-corrected chi connectivity index (χ4v) is 3.07. The van der Waals surface area contributed by atoms with E-state index in [2.05, 4.69) is 10.6 Å². The van der Waals surface area contributed by atoms with Gasteiger partial charge in [-0.1, -0.05) is 6.42 Å². The number of ether oxygens (including phenoxy) is 2. The molecule has 0 aliphatic heterocycles. The normalized spacial score (nSPS) is 17.1. The molecule has 1 aliphatic rings. The van der Waals surface area contributed by atoms with Crippen LogP contribution in [0.1, 0.15) is 37.7 Å². The Morgan fingerprint density at radius 3 is 2.45 bits per heavy atom. The Morgan fingerprint density at radius 1 is 1.15 bits per heavy atom. The van der Waals surface area contributed by atoms with E-state index in [4.69, 9.17) is 21.1 Å². The molecule has 0 aromatic heterocycles. The zero-order chi connectivity index (χ0) is 14.4. The first kappa shape index (κ1) is 15.2. The molecule has 1 fully saturated rings. The molecule has 0 unspecified atom stereocenters. The molecule has 0 spiro atoms. The van der Waals surface area contributed by atoms with Crippen molar-refractivity contribution in [2.45, 2.75) is 44.7 Å². The minimum Gasteiger partial charge on any atom is -0.493 e. The van der Waals surface area contributed by atoms with E-state index in [1.165, 1.54) is 37.7 Å². The van der Waals surface area contributed by atoms with Crippen molar-refractivity contribution in [3.05, 3.63) is 23.8 Å². The smallest absolute Gasteiger partial charge is 0.233 e. The number of nitrogens with zero attached hydrogens (tertiary/aromatic N) is 1. The zero-order valence-corrected chi connectivity index (χ0v) is 13.0. The Morgan fingerprint density at radius 2 is 1.85 bits per heavy atom. The maximum atomic E-state index is 6.03. The Bertz CT molecular complexity index is 468. The maximum absolute atomic E-state index is 6.03. The van der Waals surface area contributed by atoms with E-state index in [1.54, 1.807) is 19.9 Å². The molecule has 2 rings (SSSR count). The largest absolute Gasteiger partial charge is 0.493 e. The van der Waals surface area contributed by atoms with Gasteiger partial charge >= 0.3 is 0 Å². The topological polar surface area (TPSA) is 21.5 Å². The SMILES string of the molecule is COc1ccc(C[N+](=CCl)C2CCCCC2)cc1OC. The lowest BCUT2D eigenvalue weighted by molar-refractivity contribution is -0.579. The molecule has 4 heteroatoms. The molecular formula is C16H23ClNO2+. The minimum absolute atomic E-state index is 0.564. The Hall–Kier alpha value is -1.22.